The molecule has 0 N–H and O–H groups in total. The zero-order valence-corrected chi connectivity index (χ0v) is 11.2. The number of fused-ring (bicyclic) bond motifs is 2. The lowest BCUT2D eigenvalue weighted by Crippen LogP contribution is -2.36. The number of piperidine rings is 1. The third kappa shape index (κ3) is 1.76. The molecular weight excluding hydrogens is 288 g/mol. The first kappa shape index (κ1) is 10.6. The van der Waals surface area contributed by atoms with Crippen molar-refractivity contribution >= 4 is 39.1 Å². The van der Waals surface area contributed by atoms with Crippen LogP contribution in [0.4, 0.5) is 5.69 Å². The summed E-state index contributed by atoms with van der Waals surface area (Å²) in [7, 11) is 0. The molecule has 1 aromatic carbocycles. The predicted molar refractivity (Wildman–Crippen MR) is 70.5 cm³/mol. The van der Waals surface area contributed by atoms with Crippen molar-refractivity contribution in [2.75, 3.05) is 6.54 Å². The first-order valence-corrected chi connectivity index (χ1v) is 6.71. The van der Waals surface area contributed by atoms with E-state index in [0.29, 0.717) is 0 Å². The largest absolute Gasteiger partial charge is 0.356 e. The molecule has 2 aliphatic rings. The van der Waals surface area contributed by atoms with Gasteiger partial charge in [0.05, 0.1) is 5.69 Å². The van der Waals surface area contributed by atoms with E-state index in [2.05, 4.69) is 26.9 Å². The molecule has 0 spiro atoms. The van der Waals surface area contributed by atoms with Gasteiger partial charge in [-0.3, -0.25) is 0 Å². The molecule has 0 aliphatic carbocycles. The van der Waals surface area contributed by atoms with E-state index in [0.717, 1.165) is 40.3 Å². The van der Waals surface area contributed by atoms with Crippen LogP contribution in [0.1, 0.15) is 24.8 Å². The highest BCUT2D eigenvalue weighted by Gasteiger charge is 2.23. The first-order chi connectivity index (χ1) is 7.74. The van der Waals surface area contributed by atoms with Gasteiger partial charge in [-0.05, 0) is 25.0 Å². The zero-order valence-electron chi connectivity index (χ0n) is 8.84. The van der Waals surface area contributed by atoms with Gasteiger partial charge >= 0.3 is 0 Å². The minimum absolute atomic E-state index is 0.817. The van der Waals surface area contributed by atoms with Gasteiger partial charge in [0.2, 0.25) is 0 Å². The lowest BCUT2D eigenvalue weighted by atomic mass is 10.0. The van der Waals surface area contributed by atoms with Crippen LogP contribution in [0.2, 0.25) is 5.02 Å². The summed E-state index contributed by atoms with van der Waals surface area (Å²) >= 11 is 9.71. The molecule has 1 fully saturated rings. The fourth-order valence-electron chi connectivity index (χ4n) is 2.35. The normalized spacial score (nSPS) is 18.9. The third-order valence-electron chi connectivity index (χ3n) is 3.18. The Morgan fingerprint density at radius 3 is 3.06 bits per heavy atom. The van der Waals surface area contributed by atoms with Crippen LogP contribution in [0, 0.1) is 0 Å². The van der Waals surface area contributed by atoms with Gasteiger partial charge in [0.25, 0.3) is 0 Å². The molecule has 2 heterocycles. The van der Waals surface area contributed by atoms with Gasteiger partial charge in [0.15, 0.2) is 0 Å². The highest BCUT2D eigenvalue weighted by atomic mass is 79.9. The second kappa shape index (κ2) is 4.04. The van der Waals surface area contributed by atoms with Crippen molar-refractivity contribution in [1.82, 2.24) is 4.90 Å². The van der Waals surface area contributed by atoms with Gasteiger partial charge in [-0.1, -0.05) is 27.5 Å². The molecule has 2 aliphatic heterocycles. The summed E-state index contributed by atoms with van der Waals surface area (Å²) in [6.07, 6.45) is 3.62. The summed E-state index contributed by atoms with van der Waals surface area (Å²) in [4.78, 5) is 7.07. The number of benzene rings is 1. The highest BCUT2D eigenvalue weighted by Crippen LogP contribution is 2.36. The Balaban J connectivity index is 2.09. The van der Waals surface area contributed by atoms with E-state index in [4.69, 9.17) is 16.6 Å². The summed E-state index contributed by atoms with van der Waals surface area (Å²) in [5.74, 6) is 1.23. The molecule has 2 nitrogen and oxygen atoms in total. The minimum atomic E-state index is 0.817. The summed E-state index contributed by atoms with van der Waals surface area (Å²) in [6, 6.07) is 4.00. The molecule has 16 heavy (non-hydrogen) atoms. The van der Waals surface area contributed by atoms with E-state index in [-0.39, 0.29) is 0 Å². The van der Waals surface area contributed by atoms with Crippen molar-refractivity contribution in [3.8, 4) is 0 Å². The smallest absolute Gasteiger partial charge is 0.105 e. The second-order valence-corrected chi connectivity index (χ2v) is 5.61. The summed E-state index contributed by atoms with van der Waals surface area (Å²) < 4.78 is 1.00. The van der Waals surface area contributed by atoms with Crippen LogP contribution >= 0.6 is 27.5 Å². The fourth-order valence-corrected chi connectivity index (χ4v) is 3.20. The van der Waals surface area contributed by atoms with Crippen molar-refractivity contribution in [1.29, 1.82) is 0 Å². The Morgan fingerprint density at radius 1 is 1.31 bits per heavy atom. The lowest BCUT2D eigenvalue weighted by Gasteiger charge is -2.34. The molecule has 1 saturated heterocycles. The standard InChI is InChI=1S/C12H12BrClN2/c13-8-5-10(14)9-7-16-4-2-1-3-12(16)15-11(9)6-8/h5-6H,1-4,7H2. The molecule has 1 aromatic rings. The SMILES string of the molecule is Clc1cc(Br)cc2c1CN1CCCCC1=N2. The van der Waals surface area contributed by atoms with Crippen LogP contribution in [0.5, 0.6) is 0 Å². The van der Waals surface area contributed by atoms with E-state index in [1.54, 1.807) is 0 Å². The van der Waals surface area contributed by atoms with E-state index in [1.807, 2.05) is 6.07 Å². The maximum absolute atomic E-state index is 6.25. The first-order valence-electron chi connectivity index (χ1n) is 5.54. The van der Waals surface area contributed by atoms with E-state index in [9.17, 15) is 0 Å². The van der Waals surface area contributed by atoms with Crippen molar-refractivity contribution in [2.45, 2.75) is 25.8 Å². The number of nitrogens with zero attached hydrogens (tertiary/aromatic N) is 2. The number of amidine groups is 1. The summed E-state index contributed by atoms with van der Waals surface area (Å²) in [6.45, 7) is 2.03. The Labute approximate surface area is 108 Å². The Morgan fingerprint density at radius 2 is 2.19 bits per heavy atom. The quantitative estimate of drug-likeness (QED) is 0.703. The molecule has 4 heteroatoms. The minimum Gasteiger partial charge on any atom is -0.356 e. The third-order valence-corrected chi connectivity index (χ3v) is 3.97. The number of aliphatic imine (C=N–C) groups is 1. The predicted octanol–water partition coefficient (Wildman–Crippen LogP) is 4.13. The second-order valence-electron chi connectivity index (χ2n) is 4.29. The molecule has 0 aromatic heterocycles. The van der Waals surface area contributed by atoms with Crippen LogP contribution < -0.4 is 0 Å². The molecular formula is C12H12BrClN2. The number of hydrogen-bond acceptors (Lipinski definition) is 2. The zero-order chi connectivity index (χ0) is 11.1. The average Bonchev–Trinajstić information content (AvgIpc) is 2.27. The van der Waals surface area contributed by atoms with Gasteiger partial charge < -0.3 is 4.90 Å². The van der Waals surface area contributed by atoms with Crippen molar-refractivity contribution < 1.29 is 0 Å². The van der Waals surface area contributed by atoms with Crippen LogP contribution in [-0.2, 0) is 6.54 Å². The summed E-state index contributed by atoms with van der Waals surface area (Å²) in [5, 5.41) is 0.817. The topological polar surface area (TPSA) is 15.6 Å². The van der Waals surface area contributed by atoms with Crippen molar-refractivity contribution in [3.63, 3.8) is 0 Å². The Hall–Kier alpha value is -0.540. The molecule has 0 bridgehead atoms. The Bertz CT molecular complexity index is 470. The molecule has 3 rings (SSSR count). The van der Waals surface area contributed by atoms with Gasteiger partial charge in [-0.2, -0.15) is 0 Å². The van der Waals surface area contributed by atoms with E-state index < -0.39 is 0 Å². The van der Waals surface area contributed by atoms with E-state index in [1.165, 1.54) is 18.7 Å². The molecule has 84 valence electrons. The monoisotopic (exact) mass is 298 g/mol. The molecule has 0 radical (unpaired) electrons. The van der Waals surface area contributed by atoms with Crippen LogP contribution in [-0.4, -0.2) is 17.3 Å². The van der Waals surface area contributed by atoms with Crippen LogP contribution in [0.3, 0.4) is 0 Å². The van der Waals surface area contributed by atoms with Crippen LogP contribution in [0.25, 0.3) is 0 Å². The molecule has 0 saturated carbocycles. The van der Waals surface area contributed by atoms with Gasteiger partial charge in [-0.25, -0.2) is 4.99 Å². The highest BCUT2D eigenvalue weighted by molar-refractivity contribution is 9.10. The van der Waals surface area contributed by atoms with Crippen LogP contribution in [0.15, 0.2) is 21.6 Å². The molecule has 0 atom stereocenters. The average molecular weight is 300 g/mol. The lowest BCUT2D eigenvalue weighted by molar-refractivity contribution is 0.359. The summed E-state index contributed by atoms with van der Waals surface area (Å²) in [5.41, 5.74) is 2.20. The number of rotatable bonds is 0. The maximum atomic E-state index is 6.25. The van der Waals surface area contributed by atoms with Crippen molar-refractivity contribution in [2.24, 2.45) is 4.99 Å². The molecule has 0 unspecified atom stereocenters. The number of hydrogen-bond donors (Lipinski definition) is 0. The number of halogens is 2. The van der Waals surface area contributed by atoms with E-state index >= 15 is 0 Å². The van der Waals surface area contributed by atoms with Gasteiger partial charge in [-0.15, -0.1) is 0 Å². The Kier molecular flexibility index (Phi) is 2.68. The molecule has 0 amide bonds. The van der Waals surface area contributed by atoms with Gasteiger partial charge in [0.1, 0.15) is 5.84 Å². The van der Waals surface area contributed by atoms with Gasteiger partial charge in [0, 0.05) is 34.6 Å². The maximum Gasteiger partial charge on any atom is 0.105 e. The fraction of sp³-hybridized carbons (Fsp3) is 0.417. The van der Waals surface area contributed by atoms with Crippen molar-refractivity contribution in [3.05, 3.63) is 27.2 Å².